The summed E-state index contributed by atoms with van der Waals surface area (Å²) in [7, 11) is 1.48. The van der Waals surface area contributed by atoms with Crippen molar-refractivity contribution in [2.75, 3.05) is 31.6 Å². The second kappa shape index (κ2) is 5.69. The first-order chi connectivity index (χ1) is 9.09. The van der Waals surface area contributed by atoms with Crippen LogP contribution in [0, 0.1) is 0 Å². The number of carbonyl (C=O) groups is 2. The van der Waals surface area contributed by atoms with Crippen LogP contribution in [0.15, 0.2) is 18.3 Å². The van der Waals surface area contributed by atoms with Crippen LogP contribution in [0.5, 0.6) is 0 Å². The molecule has 1 fully saturated rings. The van der Waals surface area contributed by atoms with E-state index in [0.29, 0.717) is 11.4 Å². The Labute approximate surface area is 111 Å². The zero-order valence-electron chi connectivity index (χ0n) is 10.9. The Balaban J connectivity index is 2.23. The Morgan fingerprint density at radius 1 is 1.42 bits per heavy atom. The fourth-order valence-electron chi connectivity index (χ4n) is 2.23. The molecule has 0 aliphatic carbocycles. The molecule has 1 aromatic heterocycles. The van der Waals surface area contributed by atoms with E-state index in [2.05, 4.69) is 9.88 Å². The van der Waals surface area contributed by atoms with E-state index in [-0.39, 0.29) is 12.5 Å². The van der Waals surface area contributed by atoms with Crippen molar-refractivity contribution < 1.29 is 14.7 Å². The third-order valence-corrected chi connectivity index (χ3v) is 3.14. The molecule has 0 atom stereocenters. The van der Waals surface area contributed by atoms with Gasteiger partial charge in [0.25, 0.3) is 5.91 Å². The van der Waals surface area contributed by atoms with Gasteiger partial charge in [-0.25, -0.2) is 4.98 Å². The van der Waals surface area contributed by atoms with Crippen molar-refractivity contribution in [1.82, 2.24) is 9.88 Å². The lowest BCUT2D eigenvalue weighted by Crippen LogP contribution is -2.33. The summed E-state index contributed by atoms with van der Waals surface area (Å²) in [6, 6.07) is 3.39. The minimum Gasteiger partial charge on any atom is -0.480 e. The van der Waals surface area contributed by atoms with Crippen molar-refractivity contribution in [1.29, 1.82) is 0 Å². The van der Waals surface area contributed by atoms with Gasteiger partial charge < -0.3 is 14.9 Å². The third kappa shape index (κ3) is 3.01. The molecule has 0 aromatic carbocycles. The molecule has 1 aliphatic rings. The average Bonchev–Trinajstić information content (AvgIpc) is 2.91. The van der Waals surface area contributed by atoms with Crippen LogP contribution < -0.4 is 4.90 Å². The molecule has 1 aliphatic heterocycles. The van der Waals surface area contributed by atoms with Crippen LogP contribution in [0.3, 0.4) is 0 Å². The number of carboxylic acids is 1. The monoisotopic (exact) mass is 263 g/mol. The molecule has 6 heteroatoms. The molecule has 0 bridgehead atoms. The summed E-state index contributed by atoms with van der Waals surface area (Å²) in [6.07, 6.45) is 3.84. The molecular formula is C13H17N3O3. The molecule has 1 aromatic rings. The molecule has 0 saturated carbocycles. The first kappa shape index (κ1) is 13.3. The summed E-state index contributed by atoms with van der Waals surface area (Å²) >= 11 is 0. The minimum atomic E-state index is -1.03. The first-order valence-electron chi connectivity index (χ1n) is 6.27. The Bertz CT molecular complexity index is 484. The summed E-state index contributed by atoms with van der Waals surface area (Å²) in [6.45, 7) is 1.47. The van der Waals surface area contributed by atoms with Crippen molar-refractivity contribution in [3.63, 3.8) is 0 Å². The molecule has 1 N–H and O–H groups in total. The highest BCUT2D eigenvalue weighted by Gasteiger charge is 2.23. The predicted octanol–water partition coefficient (Wildman–Crippen LogP) is 0.838. The van der Waals surface area contributed by atoms with Gasteiger partial charge in [-0.3, -0.25) is 9.59 Å². The Kier molecular flexibility index (Phi) is 3.99. The number of anilines is 1. The van der Waals surface area contributed by atoms with Crippen LogP contribution in [0.1, 0.15) is 23.2 Å². The van der Waals surface area contributed by atoms with Crippen LogP contribution in [0.4, 0.5) is 5.82 Å². The number of aliphatic carboxylic acids is 1. The number of likely N-dealkylation sites (N-methyl/N-ethyl adjacent to an activating group) is 1. The van der Waals surface area contributed by atoms with Crippen molar-refractivity contribution in [2.24, 2.45) is 0 Å². The van der Waals surface area contributed by atoms with Crippen LogP contribution in [0.25, 0.3) is 0 Å². The normalized spacial score (nSPS) is 14.5. The van der Waals surface area contributed by atoms with Crippen LogP contribution in [-0.4, -0.2) is 53.5 Å². The highest BCUT2D eigenvalue weighted by Crippen LogP contribution is 2.22. The average molecular weight is 263 g/mol. The fourth-order valence-corrected chi connectivity index (χ4v) is 2.23. The van der Waals surface area contributed by atoms with E-state index in [1.807, 2.05) is 0 Å². The van der Waals surface area contributed by atoms with Crippen LogP contribution in [-0.2, 0) is 4.79 Å². The van der Waals surface area contributed by atoms with Crippen molar-refractivity contribution in [2.45, 2.75) is 12.8 Å². The van der Waals surface area contributed by atoms with Crippen molar-refractivity contribution >= 4 is 17.7 Å². The quantitative estimate of drug-likeness (QED) is 0.871. The van der Waals surface area contributed by atoms with Gasteiger partial charge in [-0.15, -0.1) is 0 Å². The summed E-state index contributed by atoms with van der Waals surface area (Å²) in [5.74, 6) is -0.679. The number of aromatic nitrogens is 1. The van der Waals surface area contributed by atoms with E-state index in [0.717, 1.165) is 25.9 Å². The summed E-state index contributed by atoms with van der Waals surface area (Å²) in [5.41, 5.74) is 0.466. The summed E-state index contributed by atoms with van der Waals surface area (Å²) in [5, 5.41) is 8.74. The topological polar surface area (TPSA) is 73.7 Å². The van der Waals surface area contributed by atoms with E-state index in [1.54, 1.807) is 18.3 Å². The van der Waals surface area contributed by atoms with Gasteiger partial charge in [-0.05, 0) is 25.0 Å². The fraction of sp³-hybridized carbons (Fsp3) is 0.462. The van der Waals surface area contributed by atoms with Gasteiger partial charge in [-0.2, -0.15) is 0 Å². The molecular weight excluding hydrogens is 246 g/mol. The lowest BCUT2D eigenvalue weighted by Gasteiger charge is -2.21. The number of hydrogen-bond acceptors (Lipinski definition) is 4. The van der Waals surface area contributed by atoms with Gasteiger partial charge >= 0.3 is 5.97 Å². The molecule has 6 nitrogen and oxygen atoms in total. The smallest absolute Gasteiger partial charge is 0.323 e. The number of carboxylic acid groups (broad SMARTS) is 1. The Morgan fingerprint density at radius 2 is 2.11 bits per heavy atom. The molecule has 1 amide bonds. The number of amides is 1. The number of carbonyl (C=O) groups excluding carboxylic acids is 1. The second-order valence-corrected chi connectivity index (χ2v) is 4.62. The zero-order chi connectivity index (χ0) is 13.8. The maximum atomic E-state index is 12.3. The van der Waals surface area contributed by atoms with Crippen LogP contribution >= 0.6 is 0 Å². The summed E-state index contributed by atoms with van der Waals surface area (Å²) < 4.78 is 0. The summed E-state index contributed by atoms with van der Waals surface area (Å²) in [4.78, 5) is 30.5. The van der Waals surface area contributed by atoms with Gasteiger partial charge in [-0.1, -0.05) is 0 Å². The zero-order valence-corrected chi connectivity index (χ0v) is 10.9. The van der Waals surface area contributed by atoms with Gasteiger partial charge in [0.15, 0.2) is 0 Å². The van der Waals surface area contributed by atoms with E-state index in [1.165, 1.54) is 11.9 Å². The third-order valence-electron chi connectivity index (χ3n) is 3.14. The van der Waals surface area contributed by atoms with Gasteiger partial charge in [0.2, 0.25) is 0 Å². The molecule has 102 valence electrons. The molecule has 1 saturated heterocycles. The maximum Gasteiger partial charge on any atom is 0.323 e. The van der Waals surface area contributed by atoms with Gasteiger partial charge in [0, 0.05) is 26.3 Å². The number of pyridine rings is 1. The molecule has 0 radical (unpaired) electrons. The molecule has 0 spiro atoms. The van der Waals surface area contributed by atoms with Gasteiger partial charge in [0.1, 0.15) is 12.4 Å². The maximum absolute atomic E-state index is 12.3. The molecule has 2 rings (SSSR count). The standard InChI is InChI=1S/C13H17N3O3/c1-15(9-11(17)18)13(19)10-5-4-6-14-12(10)16-7-2-3-8-16/h4-6H,2-3,7-9H2,1H3,(H,17,18). The van der Waals surface area contributed by atoms with E-state index in [9.17, 15) is 9.59 Å². The highest BCUT2D eigenvalue weighted by molar-refractivity contribution is 5.99. The van der Waals surface area contributed by atoms with Gasteiger partial charge in [0.05, 0.1) is 5.56 Å². The number of rotatable bonds is 4. The van der Waals surface area contributed by atoms with Crippen molar-refractivity contribution in [3.05, 3.63) is 23.9 Å². The molecule has 2 heterocycles. The largest absolute Gasteiger partial charge is 0.480 e. The predicted molar refractivity (Wildman–Crippen MR) is 70.3 cm³/mol. The number of hydrogen-bond donors (Lipinski definition) is 1. The van der Waals surface area contributed by atoms with Crippen molar-refractivity contribution in [3.8, 4) is 0 Å². The Hall–Kier alpha value is -2.11. The van der Waals surface area contributed by atoms with E-state index < -0.39 is 5.97 Å². The minimum absolute atomic E-state index is 0.308. The van der Waals surface area contributed by atoms with Crippen LogP contribution in [0.2, 0.25) is 0 Å². The first-order valence-corrected chi connectivity index (χ1v) is 6.27. The lowest BCUT2D eigenvalue weighted by molar-refractivity contribution is -0.137. The molecule has 0 unspecified atom stereocenters. The highest BCUT2D eigenvalue weighted by atomic mass is 16.4. The number of nitrogens with zero attached hydrogens (tertiary/aromatic N) is 3. The SMILES string of the molecule is CN(CC(=O)O)C(=O)c1cccnc1N1CCCC1. The second-order valence-electron chi connectivity index (χ2n) is 4.62. The van der Waals surface area contributed by atoms with E-state index >= 15 is 0 Å². The Morgan fingerprint density at radius 3 is 2.74 bits per heavy atom. The van der Waals surface area contributed by atoms with E-state index in [4.69, 9.17) is 5.11 Å². The molecule has 19 heavy (non-hydrogen) atoms. The lowest BCUT2D eigenvalue weighted by atomic mass is 10.2.